The number of nitrogens with zero attached hydrogens (tertiary/aromatic N) is 4. The van der Waals surface area contributed by atoms with Crippen molar-refractivity contribution >= 4 is 0 Å². The van der Waals surface area contributed by atoms with Crippen molar-refractivity contribution in [1.82, 2.24) is 15.0 Å². The van der Waals surface area contributed by atoms with Crippen molar-refractivity contribution in [3.05, 3.63) is 71.6 Å². The summed E-state index contributed by atoms with van der Waals surface area (Å²) in [5.74, 6) is 1.11. The van der Waals surface area contributed by atoms with Crippen molar-refractivity contribution in [2.45, 2.75) is 12.6 Å². The molecule has 26 heavy (non-hydrogen) atoms. The molecule has 3 aromatic rings. The Bertz CT molecular complexity index is 917. The van der Waals surface area contributed by atoms with Crippen LogP contribution in [-0.4, -0.2) is 34.8 Å². The van der Waals surface area contributed by atoms with Crippen LogP contribution in [0.3, 0.4) is 0 Å². The van der Waals surface area contributed by atoms with E-state index >= 15 is 0 Å². The van der Waals surface area contributed by atoms with Crippen LogP contribution in [0.2, 0.25) is 0 Å². The van der Waals surface area contributed by atoms with E-state index in [1.807, 2.05) is 54.6 Å². The molecular formula is C20H18N4O2. The average molecular weight is 346 g/mol. The molecule has 0 bridgehead atoms. The third-order valence-corrected chi connectivity index (χ3v) is 4.51. The highest BCUT2D eigenvalue weighted by Crippen LogP contribution is 2.27. The first-order valence-corrected chi connectivity index (χ1v) is 8.54. The van der Waals surface area contributed by atoms with Gasteiger partial charge in [0.25, 0.3) is 0 Å². The second-order valence-electron chi connectivity index (χ2n) is 6.15. The van der Waals surface area contributed by atoms with Gasteiger partial charge in [-0.1, -0.05) is 53.7 Å². The fourth-order valence-electron chi connectivity index (χ4n) is 3.12. The van der Waals surface area contributed by atoms with Crippen molar-refractivity contribution in [3.63, 3.8) is 0 Å². The zero-order chi connectivity index (χ0) is 17.8. The predicted octanol–water partition coefficient (Wildman–Crippen LogP) is 3.18. The van der Waals surface area contributed by atoms with Crippen LogP contribution < -0.4 is 0 Å². The molecule has 0 aliphatic carbocycles. The van der Waals surface area contributed by atoms with E-state index in [2.05, 4.69) is 21.1 Å². The van der Waals surface area contributed by atoms with E-state index in [-0.39, 0.29) is 6.04 Å². The van der Waals surface area contributed by atoms with Crippen LogP contribution in [0.5, 0.6) is 0 Å². The van der Waals surface area contributed by atoms with Crippen molar-refractivity contribution in [1.29, 1.82) is 5.26 Å². The summed E-state index contributed by atoms with van der Waals surface area (Å²) >= 11 is 0. The predicted molar refractivity (Wildman–Crippen MR) is 94.9 cm³/mol. The summed E-state index contributed by atoms with van der Waals surface area (Å²) in [6.45, 7) is 2.52. The number of aromatic nitrogens is 2. The summed E-state index contributed by atoms with van der Waals surface area (Å²) < 4.78 is 11.2. The highest BCUT2D eigenvalue weighted by molar-refractivity contribution is 5.53. The lowest BCUT2D eigenvalue weighted by Gasteiger charge is -2.33. The zero-order valence-electron chi connectivity index (χ0n) is 14.2. The van der Waals surface area contributed by atoms with Gasteiger partial charge in [0, 0.05) is 18.7 Å². The van der Waals surface area contributed by atoms with Crippen LogP contribution in [0.15, 0.2) is 59.1 Å². The molecule has 1 saturated heterocycles. The molecule has 1 fully saturated rings. The molecule has 0 radical (unpaired) electrons. The maximum Gasteiger partial charge on any atom is 0.246 e. The van der Waals surface area contributed by atoms with Gasteiger partial charge in [0.05, 0.1) is 24.8 Å². The van der Waals surface area contributed by atoms with Gasteiger partial charge >= 0.3 is 0 Å². The first-order chi connectivity index (χ1) is 12.8. The molecule has 6 nitrogen and oxygen atoms in total. The second-order valence-corrected chi connectivity index (χ2v) is 6.15. The lowest BCUT2D eigenvalue weighted by molar-refractivity contribution is -0.0241. The molecule has 0 N–H and O–H groups in total. The lowest BCUT2D eigenvalue weighted by atomic mass is 10.1. The number of nitriles is 1. The summed E-state index contributed by atoms with van der Waals surface area (Å²) in [6.07, 6.45) is 0. The summed E-state index contributed by atoms with van der Waals surface area (Å²) in [5, 5.41) is 13.4. The van der Waals surface area contributed by atoms with Gasteiger partial charge in [-0.25, -0.2) is 0 Å². The van der Waals surface area contributed by atoms with Gasteiger partial charge < -0.3 is 9.26 Å². The number of hydrogen-bond donors (Lipinski definition) is 0. The van der Waals surface area contributed by atoms with E-state index in [9.17, 15) is 5.26 Å². The minimum absolute atomic E-state index is 0.125. The normalized spacial score (nSPS) is 17.7. The highest BCUT2D eigenvalue weighted by atomic mass is 16.5. The van der Waals surface area contributed by atoms with Crippen molar-refractivity contribution in [2.24, 2.45) is 0 Å². The Balaban J connectivity index is 1.58. The fraction of sp³-hybridized carbons (Fsp3) is 0.250. The molecule has 6 heteroatoms. The van der Waals surface area contributed by atoms with Crippen molar-refractivity contribution in [3.8, 4) is 17.5 Å². The fourth-order valence-corrected chi connectivity index (χ4v) is 3.12. The number of benzene rings is 2. The maximum absolute atomic E-state index is 9.33. The first kappa shape index (κ1) is 16.5. The quantitative estimate of drug-likeness (QED) is 0.722. The van der Waals surface area contributed by atoms with Gasteiger partial charge in [0.15, 0.2) is 0 Å². The largest absolute Gasteiger partial charge is 0.378 e. The van der Waals surface area contributed by atoms with Gasteiger partial charge in [-0.15, -0.1) is 0 Å². The van der Waals surface area contributed by atoms with E-state index in [4.69, 9.17) is 9.26 Å². The smallest absolute Gasteiger partial charge is 0.246 e. The molecule has 130 valence electrons. The Morgan fingerprint density at radius 1 is 1.12 bits per heavy atom. The molecular weight excluding hydrogens is 328 g/mol. The molecule has 1 aliphatic heterocycles. The molecule has 1 aliphatic rings. The summed E-state index contributed by atoms with van der Waals surface area (Å²) in [6, 6.07) is 19.5. The van der Waals surface area contributed by atoms with Gasteiger partial charge in [-0.3, -0.25) is 4.90 Å². The third-order valence-electron chi connectivity index (χ3n) is 4.51. The number of hydrogen-bond acceptors (Lipinski definition) is 6. The summed E-state index contributed by atoms with van der Waals surface area (Å²) in [5.41, 5.74) is 2.60. The molecule has 0 spiro atoms. The molecule has 2 aromatic carbocycles. The Kier molecular flexibility index (Phi) is 4.73. The molecule has 0 unspecified atom stereocenters. The molecule has 1 aromatic heterocycles. The van der Waals surface area contributed by atoms with Crippen LogP contribution in [-0.2, 0) is 11.3 Å². The summed E-state index contributed by atoms with van der Waals surface area (Å²) in [7, 11) is 0. The molecule has 0 saturated carbocycles. The molecule has 2 heterocycles. The number of ether oxygens (including phenoxy) is 1. The van der Waals surface area contributed by atoms with E-state index in [1.54, 1.807) is 0 Å². The highest BCUT2D eigenvalue weighted by Gasteiger charge is 2.30. The number of morpholine rings is 1. The number of rotatable bonds is 4. The minimum atomic E-state index is -0.125. The van der Waals surface area contributed by atoms with E-state index in [1.165, 1.54) is 0 Å². The topological polar surface area (TPSA) is 75.2 Å². The minimum Gasteiger partial charge on any atom is -0.378 e. The Morgan fingerprint density at radius 2 is 1.92 bits per heavy atom. The molecule has 0 amide bonds. The van der Waals surface area contributed by atoms with Crippen LogP contribution in [0.25, 0.3) is 11.4 Å². The SMILES string of the molecule is N#Cc1ccccc1CN1CCOC[C@@H]1c1nc(-c2ccccc2)no1. The maximum atomic E-state index is 9.33. The van der Waals surface area contributed by atoms with Crippen LogP contribution in [0.4, 0.5) is 0 Å². The van der Waals surface area contributed by atoms with Crippen LogP contribution in [0, 0.1) is 11.3 Å². The Hall–Kier alpha value is -3.01. The van der Waals surface area contributed by atoms with Crippen molar-refractivity contribution in [2.75, 3.05) is 19.8 Å². The van der Waals surface area contributed by atoms with E-state index in [0.29, 0.717) is 37.0 Å². The van der Waals surface area contributed by atoms with Crippen LogP contribution >= 0.6 is 0 Å². The first-order valence-electron chi connectivity index (χ1n) is 8.54. The molecule has 1 atom stereocenters. The van der Waals surface area contributed by atoms with E-state index in [0.717, 1.165) is 17.7 Å². The summed E-state index contributed by atoms with van der Waals surface area (Å²) in [4.78, 5) is 6.80. The van der Waals surface area contributed by atoms with Gasteiger partial charge in [0.2, 0.25) is 11.7 Å². The van der Waals surface area contributed by atoms with Crippen molar-refractivity contribution < 1.29 is 9.26 Å². The molecule has 4 rings (SSSR count). The zero-order valence-corrected chi connectivity index (χ0v) is 14.2. The second kappa shape index (κ2) is 7.48. The van der Waals surface area contributed by atoms with Gasteiger partial charge in [0.1, 0.15) is 6.04 Å². The third kappa shape index (κ3) is 3.36. The lowest BCUT2D eigenvalue weighted by Crippen LogP contribution is -2.39. The van der Waals surface area contributed by atoms with E-state index < -0.39 is 0 Å². The Labute approximate surface area is 151 Å². The Morgan fingerprint density at radius 3 is 2.77 bits per heavy atom. The average Bonchev–Trinajstić information content (AvgIpc) is 3.19. The van der Waals surface area contributed by atoms with Gasteiger partial charge in [-0.05, 0) is 11.6 Å². The standard InChI is InChI=1S/C20H18N4O2/c21-12-16-8-4-5-9-17(16)13-24-10-11-25-14-18(24)20-22-19(23-26-20)15-6-2-1-3-7-15/h1-9,18H,10-11,13-14H2/t18-/m1/s1. The van der Waals surface area contributed by atoms with Crippen LogP contribution in [0.1, 0.15) is 23.1 Å². The van der Waals surface area contributed by atoms with Gasteiger partial charge in [-0.2, -0.15) is 10.2 Å². The monoisotopic (exact) mass is 346 g/mol.